The third-order valence-electron chi connectivity index (χ3n) is 3.63. The third-order valence-corrected chi connectivity index (χ3v) is 4.41. The van der Waals surface area contributed by atoms with Crippen LogP contribution >= 0.6 is 27.5 Å². The van der Waals surface area contributed by atoms with Crippen molar-refractivity contribution in [2.45, 2.75) is 32.1 Å². The van der Waals surface area contributed by atoms with Gasteiger partial charge >= 0.3 is 0 Å². The van der Waals surface area contributed by atoms with Crippen molar-refractivity contribution in [2.24, 2.45) is 5.92 Å². The summed E-state index contributed by atoms with van der Waals surface area (Å²) in [6.07, 6.45) is 3.95. The number of nitrogens with zero attached hydrogens (tertiary/aromatic N) is 1. The van der Waals surface area contributed by atoms with Gasteiger partial charge in [0.2, 0.25) is 0 Å². The fourth-order valence-corrected chi connectivity index (χ4v) is 3.14. The Kier molecular flexibility index (Phi) is 4.75. The summed E-state index contributed by atoms with van der Waals surface area (Å²) in [5.74, 6) is 1.43. The Hall–Kier alpha value is -0.210. The molecule has 1 atom stereocenters. The van der Waals surface area contributed by atoms with Crippen molar-refractivity contribution in [3.8, 4) is 0 Å². The number of hydrogen-bond donors (Lipinski definition) is 0. The molecule has 0 spiro atoms. The van der Waals surface area contributed by atoms with E-state index in [1.807, 2.05) is 0 Å². The van der Waals surface area contributed by atoms with Crippen LogP contribution in [0.3, 0.4) is 0 Å². The zero-order valence-corrected chi connectivity index (χ0v) is 12.6. The molecule has 1 aromatic rings. The lowest BCUT2D eigenvalue weighted by molar-refractivity contribution is 0.404. The average molecular weight is 317 g/mol. The standard InChI is InChI=1S/C14H19BrClN/c1-2-11-4-3-7-17(10-11)14-8-13(15)6-5-12(14)9-16/h5-6,8,11H,2-4,7,9-10H2,1H3. The Morgan fingerprint density at radius 3 is 3.00 bits per heavy atom. The summed E-state index contributed by atoms with van der Waals surface area (Å²) in [4.78, 5) is 2.50. The molecule has 0 N–H and O–H groups in total. The lowest BCUT2D eigenvalue weighted by Gasteiger charge is -2.35. The van der Waals surface area contributed by atoms with Gasteiger partial charge in [-0.15, -0.1) is 11.6 Å². The normalized spacial score (nSPS) is 20.6. The largest absolute Gasteiger partial charge is 0.371 e. The fourth-order valence-electron chi connectivity index (χ4n) is 2.56. The van der Waals surface area contributed by atoms with Gasteiger partial charge in [0.05, 0.1) is 0 Å². The number of halogens is 2. The van der Waals surface area contributed by atoms with Crippen LogP contribution < -0.4 is 4.90 Å². The van der Waals surface area contributed by atoms with Gasteiger partial charge in [0.1, 0.15) is 0 Å². The third kappa shape index (κ3) is 3.17. The summed E-state index contributed by atoms with van der Waals surface area (Å²) in [7, 11) is 0. The molecule has 1 aliphatic rings. The highest BCUT2D eigenvalue weighted by atomic mass is 79.9. The van der Waals surface area contributed by atoms with Crippen molar-refractivity contribution in [1.29, 1.82) is 0 Å². The van der Waals surface area contributed by atoms with Gasteiger partial charge in [0.15, 0.2) is 0 Å². The predicted octanol–water partition coefficient (Wildman–Crippen LogP) is 4.81. The van der Waals surface area contributed by atoms with Gasteiger partial charge in [0.25, 0.3) is 0 Å². The molecule has 1 aliphatic heterocycles. The number of rotatable bonds is 3. The van der Waals surface area contributed by atoms with Crippen LogP contribution in [0.15, 0.2) is 22.7 Å². The first-order valence-corrected chi connectivity index (χ1v) is 7.66. The first-order chi connectivity index (χ1) is 8.24. The van der Waals surface area contributed by atoms with E-state index in [2.05, 4.69) is 46.0 Å². The van der Waals surface area contributed by atoms with Crippen molar-refractivity contribution >= 4 is 33.2 Å². The first-order valence-electron chi connectivity index (χ1n) is 6.34. The molecule has 0 radical (unpaired) electrons. The van der Waals surface area contributed by atoms with Crippen molar-refractivity contribution in [2.75, 3.05) is 18.0 Å². The van der Waals surface area contributed by atoms with Crippen molar-refractivity contribution < 1.29 is 0 Å². The van der Waals surface area contributed by atoms with Gasteiger partial charge in [0, 0.05) is 29.1 Å². The van der Waals surface area contributed by atoms with E-state index in [4.69, 9.17) is 11.6 Å². The van der Waals surface area contributed by atoms with Crippen LogP contribution in [0.1, 0.15) is 31.7 Å². The van der Waals surface area contributed by atoms with Crippen molar-refractivity contribution in [3.63, 3.8) is 0 Å². The molecule has 94 valence electrons. The maximum Gasteiger partial charge on any atom is 0.0494 e. The Labute approximate surface area is 117 Å². The molecular formula is C14H19BrClN. The zero-order valence-electron chi connectivity index (χ0n) is 10.3. The monoisotopic (exact) mass is 315 g/mol. The molecule has 17 heavy (non-hydrogen) atoms. The van der Waals surface area contributed by atoms with Crippen LogP contribution in [0.5, 0.6) is 0 Å². The highest BCUT2D eigenvalue weighted by Crippen LogP contribution is 2.30. The van der Waals surface area contributed by atoms with E-state index in [9.17, 15) is 0 Å². The van der Waals surface area contributed by atoms with Gasteiger partial charge < -0.3 is 4.90 Å². The number of hydrogen-bond acceptors (Lipinski definition) is 1. The Morgan fingerprint density at radius 2 is 2.29 bits per heavy atom. The van der Waals surface area contributed by atoms with Crippen molar-refractivity contribution in [1.82, 2.24) is 0 Å². The highest BCUT2D eigenvalue weighted by Gasteiger charge is 2.20. The summed E-state index contributed by atoms with van der Waals surface area (Å²) in [5, 5.41) is 0. The second-order valence-electron chi connectivity index (χ2n) is 4.77. The Morgan fingerprint density at radius 1 is 1.47 bits per heavy atom. The van der Waals surface area contributed by atoms with E-state index >= 15 is 0 Å². The van der Waals surface area contributed by atoms with E-state index in [-0.39, 0.29) is 0 Å². The molecule has 1 aromatic carbocycles. The molecule has 0 saturated carbocycles. The number of alkyl halides is 1. The van der Waals surface area contributed by atoms with Gasteiger partial charge in [-0.2, -0.15) is 0 Å². The minimum Gasteiger partial charge on any atom is -0.371 e. The van der Waals surface area contributed by atoms with Crippen molar-refractivity contribution in [3.05, 3.63) is 28.2 Å². The smallest absolute Gasteiger partial charge is 0.0494 e. The van der Waals surface area contributed by atoms with Crippen LogP contribution in [-0.4, -0.2) is 13.1 Å². The van der Waals surface area contributed by atoms with E-state index in [1.54, 1.807) is 0 Å². The maximum atomic E-state index is 6.03. The van der Waals surface area contributed by atoms with Crippen LogP contribution in [0.4, 0.5) is 5.69 Å². The second kappa shape index (κ2) is 6.10. The Balaban J connectivity index is 2.22. The van der Waals surface area contributed by atoms with Crippen LogP contribution in [0.25, 0.3) is 0 Å². The molecule has 0 bridgehead atoms. The summed E-state index contributed by atoms with van der Waals surface area (Å²) in [6.45, 7) is 4.63. The lowest BCUT2D eigenvalue weighted by atomic mass is 9.95. The summed E-state index contributed by atoms with van der Waals surface area (Å²) in [5.41, 5.74) is 2.55. The van der Waals surface area contributed by atoms with Gasteiger partial charge in [-0.1, -0.05) is 35.3 Å². The summed E-state index contributed by atoms with van der Waals surface area (Å²) >= 11 is 9.59. The molecule has 1 heterocycles. The minimum atomic E-state index is 0.593. The number of piperidine rings is 1. The minimum absolute atomic E-state index is 0.593. The molecular weight excluding hydrogens is 298 g/mol. The average Bonchev–Trinajstić information content (AvgIpc) is 2.39. The van der Waals surface area contributed by atoms with E-state index in [0.29, 0.717) is 5.88 Å². The predicted molar refractivity (Wildman–Crippen MR) is 78.9 cm³/mol. The number of benzene rings is 1. The van der Waals surface area contributed by atoms with Gasteiger partial charge in [-0.05, 0) is 36.5 Å². The van der Waals surface area contributed by atoms with E-state index in [0.717, 1.165) is 16.9 Å². The second-order valence-corrected chi connectivity index (χ2v) is 5.95. The van der Waals surface area contributed by atoms with Crippen LogP contribution in [0.2, 0.25) is 0 Å². The van der Waals surface area contributed by atoms with E-state index < -0.39 is 0 Å². The van der Waals surface area contributed by atoms with Crippen LogP contribution in [-0.2, 0) is 5.88 Å². The molecule has 0 aromatic heterocycles. The molecule has 3 heteroatoms. The molecule has 1 unspecified atom stereocenters. The van der Waals surface area contributed by atoms with Crippen LogP contribution in [0, 0.1) is 5.92 Å². The SMILES string of the molecule is CCC1CCCN(c2cc(Br)ccc2CCl)C1. The topological polar surface area (TPSA) is 3.24 Å². The summed E-state index contributed by atoms with van der Waals surface area (Å²) in [6, 6.07) is 6.40. The van der Waals surface area contributed by atoms with E-state index in [1.165, 1.54) is 37.1 Å². The first kappa shape index (κ1) is 13.2. The summed E-state index contributed by atoms with van der Waals surface area (Å²) < 4.78 is 1.14. The lowest BCUT2D eigenvalue weighted by Crippen LogP contribution is -2.35. The van der Waals surface area contributed by atoms with Gasteiger partial charge in [-0.25, -0.2) is 0 Å². The molecule has 0 amide bonds. The molecule has 2 rings (SSSR count). The molecule has 1 saturated heterocycles. The molecule has 1 nitrogen and oxygen atoms in total. The fraction of sp³-hybridized carbons (Fsp3) is 0.571. The van der Waals surface area contributed by atoms with Gasteiger partial charge in [-0.3, -0.25) is 0 Å². The molecule has 0 aliphatic carbocycles. The zero-order chi connectivity index (χ0) is 12.3. The molecule has 1 fully saturated rings. The quantitative estimate of drug-likeness (QED) is 0.723. The maximum absolute atomic E-state index is 6.03. The Bertz CT molecular complexity index is 380. The number of anilines is 1. The highest BCUT2D eigenvalue weighted by molar-refractivity contribution is 9.10.